The molecule has 0 radical (unpaired) electrons. The molecular formula is C12H17N3OS. The maximum Gasteiger partial charge on any atom is 0.229 e. The van der Waals surface area contributed by atoms with Gasteiger partial charge in [0, 0.05) is 5.92 Å². The van der Waals surface area contributed by atoms with Crippen LogP contribution in [0.4, 0.5) is 5.13 Å². The predicted molar refractivity (Wildman–Crippen MR) is 66.9 cm³/mol. The molecule has 0 unspecified atom stereocenters. The van der Waals surface area contributed by atoms with Crippen molar-refractivity contribution in [1.82, 2.24) is 10.2 Å². The van der Waals surface area contributed by atoms with E-state index in [9.17, 15) is 4.79 Å². The topological polar surface area (TPSA) is 54.9 Å². The summed E-state index contributed by atoms with van der Waals surface area (Å²) >= 11 is 1.49. The number of nitrogens with zero attached hydrogens (tertiary/aromatic N) is 2. The van der Waals surface area contributed by atoms with Crippen molar-refractivity contribution in [2.45, 2.75) is 39.0 Å². The van der Waals surface area contributed by atoms with E-state index in [1.165, 1.54) is 30.6 Å². The highest BCUT2D eigenvalue weighted by Gasteiger charge is 2.43. The molecule has 2 fully saturated rings. The van der Waals surface area contributed by atoms with Crippen LogP contribution in [0, 0.1) is 17.8 Å². The number of nitrogens with one attached hydrogen (secondary N) is 1. The van der Waals surface area contributed by atoms with Crippen LogP contribution in [0.1, 0.15) is 37.6 Å². The lowest BCUT2D eigenvalue weighted by Gasteiger charge is -2.19. The molecule has 0 saturated heterocycles. The monoisotopic (exact) mass is 251 g/mol. The summed E-state index contributed by atoms with van der Waals surface area (Å²) in [5.41, 5.74) is 0. The molecule has 2 bridgehead atoms. The van der Waals surface area contributed by atoms with Crippen LogP contribution >= 0.6 is 11.3 Å². The maximum absolute atomic E-state index is 12.1. The number of aromatic nitrogens is 2. The zero-order chi connectivity index (χ0) is 11.8. The summed E-state index contributed by atoms with van der Waals surface area (Å²) in [7, 11) is 0. The van der Waals surface area contributed by atoms with Crippen LogP contribution in [0.3, 0.4) is 0 Å². The van der Waals surface area contributed by atoms with Gasteiger partial charge in [-0.3, -0.25) is 4.79 Å². The van der Waals surface area contributed by atoms with Gasteiger partial charge in [-0.1, -0.05) is 24.7 Å². The molecule has 2 aliphatic rings. The third-order valence-electron chi connectivity index (χ3n) is 4.07. The fourth-order valence-electron chi connectivity index (χ4n) is 3.21. The number of hydrogen-bond acceptors (Lipinski definition) is 4. The molecule has 3 atom stereocenters. The van der Waals surface area contributed by atoms with Crippen LogP contribution in [0.5, 0.6) is 0 Å². The number of carbonyl (C=O) groups is 1. The first-order valence-corrected chi connectivity index (χ1v) is 7.21. The van der Waals surface area contributed by atoms with Gasteiger partial charge < -0.3 is 5.32 Å². The SMILES string of the molecule is CCc1nnc(NC(=O)[C@H]2C[C@@H]3CC[C@H]2C3)s1. The van der Waals surface area contributed by atoms with Crippen LogP contribution in [-0.4, -0.2) is 16.1 Å². The number of rotatable bonds is 3. The average Bonchev–Trinajstić information content (AvgIpc) is 3.04. The minimum absolute atomic E-state index is 0.163. The molecule has 92 valence electrons. The van der Waals surface area contributed by atoms with E-state index in [2.05, 4.69) is 15.5 Å². The fourth-order valence-corrected chi connectivity index (χ4v) is 3.89. The van der Waals surface area contributed by atoms with Crippen LogP contribution < -0.4 is 5.32 Å². The zero-order valence-electron chi connectivity index (χ0n) is 9.98. The van der Waals surface area contributed by atoms with Gasteiger partial charge in [0.1, 0.15) is 5.01 Å². The Morgan fingerprint density at radius 3 is 2.88 bits per heavy atom. The van der Waals surface area contributed by atoms with Crippen molar-refractivity contribution in [3.8, 4) is 0 Å². The van der Waals surface area contributed by atoms with E-state index < -0.39 is 0 Å². The minimum atomic E-state index is 0.163. The molecule has 3 rings (SSSR count). The van der Waals surface area contributed by atoms with E-state index in [-0.39, 0.29) is 11.8 Å². The van der Waals surface area contributed by atoms with Gasteiger partial charge >= 0.3 is 0 Å². The molecule has 1 heterocycles. The van der Waals surface area contributed by atoms with E-state index in [1.54, 1.807) is 0 Å². The van der Waals surface area contributed by atoms with Crippen LogP contribution in [0.2, 0.25) is 0 Å². The van der Waals surface area contributed by atoms with Crippen molar-refractivity contribution >= 4 is 22.4 Å². The van der Waals surface area contributed by atoms with Gasteiger partial charge in [-0.2, -0.15) is 0 Å². The summed E-state index contributed by atoms with van der Waals surface area (Å²) in [5, 5.41) is 12.6. The largest absolute Gasteiger partial charge is 0.300 e. The number of aryl methyl sites for hydroxylation is 1. The van der Waals surface area contributed by atoms with E-state index in [1.807, 2.05) is 6.92 Å². The Morgan fingerprint density at radius 2 is 2.29 bits per heavy atom. The Bertz CT molecular complexity index is 431. The molecule has 2 aliphatic carbocycles. The third-order valence-corrected chi connectivity index (χ3v) is 5.06. The Morgan fingerprint density at radius 1 is 1.41 bits per heavy atom. The van der Waals surface area contributed by atoms with Crippen molar-refractivity contribution in [2.24, 2.45) is 17.8 Å². The minimum Gasteiger partial charge on any atom is -0.300 e. The maximum atomic E-state index is 12.1. The molecule has 0 aromatic carbocycles. The van der Waals surface area contributed by atoms with E-state index in [0.29, 0.717) is 11.0 Å². The first-order valence-electron chi connectivity index (χ1n) is 6.39. The van der Waals surface area contributed by atoms with Gasteiger partial charge in [-0.15, -0.1) is 10.2 Å². The predicted octanol–water partition coefficient (Wildman–Crippen LogP) is 2.48. The van der Waals surface area contributed by atoms with Crippen LogP contribution in [0.25, 0.3) is 0 Å². The molecule has 17 heavy (non-hydrogen) atoms. The molecular weight excluding hydrogens is 234 g/mol. The number of anilines is 1. The van der Waals surface area contributed by atoms with E-state index in [4.69, 9.17) is 0 Å². The summed E-state index contributed by atoms with van der Waals surface area (Å²) in [6.07, 6.45) is 5.78. The van der Waals surface area contributed by atoms with Crippen LogP contribution in [0.15, 0.2) is 0 Å². The number of fused-ring (bicyclic) bond motifs is 2. The highest BCUT2D eigenvalue weighted by atomic mass is 32.1. The van der Waals surface area contributed by atoms with Crippen molar-refractivity contribution < 1.29 is 4.79 Å². The number of hydrogen-bond donors (Lipinski definition) is 1. The lowest BCUT2D eigenvalue weighted by Crippen LogP contribution is -2.27. The molecule has 0 aliphatic heterocycles. The first-order chi connectivity index (χ1) is 8.26. The van der Waals surface area contributed by atoms with Gasteiger partial charge in [-0.25, -0.2) is 0 Å². The number of amides is 1. The third kappa shape index (κ3) is 2.08. The van der Waals surface area contributed by atoms with Gasteiger partial charge in [-0.05, 0) is 37.5 Å². The van der Waals surface area contributed by atoms with E-state index >= 15 is 0 Å². The van der Waals surface area contributed by atoms with Crippen molar-refractivity contribution in [3.05, 3.63) is 5.01 Å². The zero-order valence-corrected chi connectivity index (χ0v) is 10.8. The standard InChI is InChI=1S/C12H17N3OS/c1-2-10-14-15-12(17-10)13-11(16)9-6-7-3-4-8(9)5-7/h7-9H,2-6H2,1H3,(H,13,15,16)/t7-,8+,9+/m1/s1. The fraction of sp³-hybridized carbons (Fsp3) is 0.750. The second-order valence-corrected chi connectivity index (χ2v) is 6.19. The van der Waals surface area contributed by atoms with E-state index in [0.717, 1.165) is 23.8 Å². The summed E-state index contributed by atoms with van der Waals surface area (Å²) in [5.74, 6) is 1.81. The molecule has 2 saturated carbocycles. The second kappa shape index (κ2) is 4.37. The number of carbonyl (C=O) groups excluding carboxylic acids is 1. The normalized spacial score (nSPS) is 30.8. The lowest BCUT2D eigenvalue weighted by molar-refractivity contribution is -0.121. The molecule has 1 aromatic rings. The molecule has 1 N–H and O–H groups in total. The summed E-state index contributed by atoms with van der Waals surface area (Å²) in [6.45, 7) is 2.04. The summed E-state index contributed by atoms with van der Waals surface area (Å²) in [4.78, 5) is 12.1. The van der Waals surface area contributed by atoms with Crippen molar-refractivity contribution in [2.75, 3.05) is 5.32 Å². The van der Waals surface area contributed by atoms with Crippen molar-refractivity contribution in [3.63, 3.8) is 0 Å². The first kappa shape index (κ1) is 11.1. The lowest BCUT2D eigenvalue weighted by atomic mass is 9.88. The Labute approximate surface area is 105 Å². The highest BCUT2D eigenvalue weighted by Crippen LogP contribution is 2.48. The molecule has 0 spiro atoms. The quantitative estimate of drug-likeness (QED) is 0.898. The van der Waals surface area contributed by atoms with Gasteiger partial charge in [0.25, 0.3) is 0 Å². The van der Waals surface area contributed by atoms with Crippen LogP contribution in [-0.2, 0) is 11.2 Å². The van der Waals surface area contributed by atoms with Gasteiger partial charge in [0.05, 0.1) is 0 Å². The highest BCUT2D eigenvalue weighted by molar-refractivity contribution is 7.15. The Balaban J connectivity index is 1.63. The molecule has 4 nitrogen and oxygen atoms in total. The Hall–Kier alpha value is -0.970. The summed E-state index contributed by atoms with van der Waals surface area (Å²) in [6, 6.07) is 0. The molecule has 5 heteroatoms. The smallest absolute Gasteiger partial charge is 0.229 e. The van der Waals surface area contributed by atoms with Crippen molar-refractivity contribution in [1.29, 1.82) is 0 Å². The second-order valence-electron chi connectivity index (χ2n) is 5.13. The van der Waals surface area contributed by atoms with Gasteiger partial charge in [0.2, 0.25) is 11.0 Å². The summed E-state index contributed by atoms with van der Waals surface area (Å²) < 4.78 is 0. The average molecular weight is 251 g/mol. The Kier molecular flexibility index (Phi) is 2.86. The molecule has 1 amide bonds. The van der Waals surface area contributed by atoms with Gasteiger partial charge in [0.15, 0.2) is 0 Å². The molecule has 1 aromatic heterocycles.